The number of nitrogens with one attached hydrogen (secondary N) is 1. The normalized spacial score (nSPS) is 10.6. The van der Waals surface area contributed by atoms with E-state index in [9.17, 15) is 0 Å². The van der Waals surface area contributed by atoms with Crippen LogP contribution < -0.4 is 5.73 Å². The van der Waals surface area contributed by atoms with Gasteiger partial charge in [-0.2, -0.15) is 0 Å². The highest BCUT2D eigenvalue weighted by Crippen LogP contribution is 2.32. The fourth-order valence-electron chi connectivity index (χ4n) is 1.41. The smallest absolute Gasteiger partial charge is 0.149 e. The summed E-state index contributed by atoms with van der Waals surface area (Å²) in [6.45, 7) is 1.84. The predicted octanol–water partition coefficient (Wildman–Crippen LogP) is 3.27. The van der Waals surface area contributed by atoms with Gasteiger partial charge in [-0.05, 0) is 25.1 Å². The first-order valence-corrected chi connectivity index (χ1v) is 5.11. The Labute approximate surface area is 97.2 Å². The molecule has 0 atom stereocenters. The van der Waals surface area contributed by atoms with Gasteiger partial charge in [-0.1, -0.05) is 23.2 Å². The molecule has 0 aliphatic rings. The molecule has 0 amide bonds. The van der Waals surface area contributed by atoms with E-state index in [1.165, 1.54) is 0 Å². The van der Waals surface area contributed by atoms with E-state index in [2.05, 4.69) is 9.97 Å². The molecular formula is C10H9Cl2N3. The average molecular weight is 242 g/mol. The molecular weight excluding hydrogens is 233 g/mol. The Morgan fingerprint density at radius 3 is 2.60 bits per heavy atom. The number of hydrogen-bond donors (Lipinski definition) is 2. The van der Waals surface area contributed by atoms with Crippen LogP contribution in [-0.2, 0) is 0 Å². The minimum Gasteiger partial charge on any atom is -0.382 e. The molecule has 2 rings (SSSR count). The first-order chi connectivity index (χ1) is 7.08. The van der Waals surface area contributed by atoms with E-state index in [0.717, 1.165) is 17.1 Å². The average Bonchev–Trinajstić information content (AvgIpc) is 2.45. The standard InChI is InChI=1S/C10H9Cl2N3/c1-5-14-9(10(13)15-5)7-3-2-6(11)4-8(7)12/h2-4H,13H2,1H3,(H,14,15). The maximum Gasteiger partial charge on any atom is 0.149 e. The van der Waals surface area contributed by atoms with Gasteiger partial charge in [0.2, 0.25) is 0 Å². The zero-order valence-corrected chi connectivity index (χ0v) is 9.52. The number of nitrogens with two attached hydrogens (primary N) is 1. The molecule has 5 heteroatoms. The van der Waals surface area contributed by atoms with Crippen LogP contribution in [-0.4, -0.2) is 9.97 Å². The maximum absolute atomic E-state index is 6.06. The van der Waals surface area contributed by atoms with Gasteiger partial charge in [-0.3, -0.25) is 0 Å². The molecule has 3 nitrogen and oxygen atoms in total. The van der Waals surface area contributed by atoms with Crippen molar-refractivity contribution in [3.05, 3.63) is 34.1 Å². The van der Waals surface area contributed by atoms with Crippen LogP contribution >= 0.6 is 23.2 Å². The number of aromatic nitrogens is 2. The second kappa shape index (κ2) is 3.76. The lowest BCUT2D eigenvalue weighted by atomic mass is 10.1. The quantitative estimate of drug-likeness (QED) is 0.806. The molecule has 0 unspecified atom stereocenters. The molecule has 0 aliphatic carbocycles. The molecule has 0 spiro atoms. The number of H-pyrrole nitrogens is 1. The summed E-state index contributed by atoms with van der Waals surface area (Å²) in [5.74, 6) is 1.20. The minimum absolute atomic E-state index is 0.441. The Hall–Kier alpha value is -1.19. The molecule has 78 valence electrons. The summed E-state index contributed by atoms with van der Waals surface area (Å²) in [6.07, 6.45) is 0. The molecule has 15 heavy (non-hydrogen) atoms. The second-order valence-electron chi connectivity index (χ2n) is 3.21. The maximum atomic E-state index is 6.06. The molecule has 3 N–H and O–H groups in total. The van der Waals surface area contributed by atoms with Crippen LogP contribution in [0.15, 0.2) is 18.2 Å². The molecule has 1 aromatic heterocycles. The molecule has 0 fully saturated rings. The second-order valence-corrected chi connectivity index (χ2v) is 4.05. The lowest BCUT2D eigenvalue weighted by Gasteiger charge is -2.02. The van der Waals surface area contributed by atoms with Crippen LogP contribution in [0.5, 0.6) is 0 Å². The van der Waals surface area contributed by atoms with Crippen LogP contribution in [0, 0.1) is 6.92 Å². The zero-order valence-electron chi connectivity index (χ0n) is 8.01. The molecule has 2 aromatic rings. The molecule has 0 saturated carbocycles. The van der Waals surface area contributed by atoms with Gasteiger partial charge in [0.15, 0.2) is 0 Å². The number of halogens is 2. The summed E-state index contributed by atoms with van der Waals surface area (Å²) >= 11 is 11.9. The number of aromatic amines is 1. The molecule has 1 aromatic carbocycles. The van der Waals surface area contributed by atoms with E-state index < -0.39 is 0 Å². The van der Waals surface area contributed by atoms with Crippen molar-refractivity contribution < 1.29 is 0 Å². The van der Waals surface area contributed by atoms with Gasteiger partial charge in [0.05, 0.1) is 10.7 Å². The summed E-state index contributed by atoms with van der Waals surface area (Å²) in [4.78, 5) is 7.14. The van der Waals surface area contributed by atoms with Gasteiger partial charge in [0, 0.05) is 10.6 Å². The van der Waals surface area contributed by atoms with Gasteiger partial charge in [-0.25, -0.2) is 4.98 Å². The first-order valence-electron chi connectivity index (χ1n) is 4.35. The molecule has 0 radical (unpaired) electrons. The molecule has 0 bridgehead atoms. The van der Waals surface area contributed by atoms with Crippen molar-refractivity contribution in [2.45, 2.75) is 6.92 Å². The lowest BCUT2D eigenvalue weighted by molar-refractivity contribution is 1.15. The van der Waals surface area contributed by atoms with E-state index in [1.807, 2.05) is 13.0 Å². The molecule has 0 aliphatic heterocycles. The van der Waals surface area contributed by atoms with E-state index in [4.69, 9.17) is 28.9 Å². The van der Waals surface area contributed by atoms with Crippen molar-refractivity contribution in [3.8, 4) is 11.3 Å². The summed E-state index contributed by atoms with van der Waals surface area (Å²) in [6, 6.07) is 5.25. The predicted molar refractivity (Wildman–Crippen MR) is 63.2 cm³/mol. The summed E-state index contributed by atoms with van der Waals surface area (Å²) in [5, 5.41) is 1.15. The summed E-state index contributed by atoms with van der Waals surface area (Å²) < 4.78 is 0. The Morgan fingerprint density at radius 1 is 1.33 bits per heavy atom. The Morgan fingerprint density at radius 2 is 2.07 bits per heavy atom. The van der Waals surface area contributed by atoms with Crippen LogP contribution in [0.1, 0.15) is 5.82 Å². The van der Waals surface area contributed by atoms with Gasteiger partial charge in [0.25, 0.3) is 0 Å². The molecule has 1 heterocycles. The topological polar surface area (TPSA) is 54.7 Å². The Balaban J connectivity index is 2.59. The fourth-order valence-corrected chi connectivity index (χ4v) is 1.91. The van der Waals surface area contributed by atoms with Crippen molar-refractivity contribution in [1.29, 1.82) is 0 Å². The third-order valence-electron chi connectivity index (χ3n) is 2.05. The summed E-state index contributed by atoms with van der Waals surface area (Å²) in [7, 11) is 0. The van der Waals surface area contributed by atoms with Crippen molar-refractivity contribution in [3.63, 3.8) is 0 Å². The molecule has 0 saturated heterocycles. The van der Waals surface area contributed by atoms with Crippen molar-refractivity contribution in [1.82, 2.24) is 9.97 Å². The van der Waals surface area contributed by atoms with E-state index in [0.29, 0.717) is 15.9 Å². The minimum atomic E-state index is 0.441. The summed E-state index contributed by atoms with van der Waals surface area (Å²) in [5.41, 5.74) is 7.28. The number of nitrogen functional groups attached to an aromatic ring is 1. The number of anilines is 1. The largest absolute Gasteiger partial charge is 0.382 e. The Bertz CT molecular complexity index is 505. The number of rotatable bonds is 1. The Kier molecular flexibility index (Phi) is 2.59. The van der Waals surface area contributed by atoms with Crippen LogP contribution in [0.25, 0.3) is 11.3 Å². The van der Waals surface area contributed by atoms with Crippen molar-refractivity contribution in [2.24, 2.45) is 0 Å². The van der Waals surface area contributed by atoms with Crippen LogP contribution in [0.3, 0.4) is 0 Å². The van der Waals surface area contributed by atoms with Gasteiger partial charge in [0.1, 0.15) is 11.6 Å². The fraction of sp³-hybridized carbons (Fsp3) is 0.100. The highest BCUT2D eigenvalue weighted by molar-refractivity contribution is 6.36. The highest BCUT2D eigenvalue weighted by Gasteiger charge is 2.10. The van der Waals surface area contributed by atoms with E-state index in [1.54, 1.807) is 12.1 Å². The van der Waals surface area contributed by atoms with Gasteiger partial charge >= 0.3 is 0 Å². The third kappa shape index (κ3) is 1.94. The van der Waals surface area contributed by atoms with Crippen LogP contribution in [0.4, 0.5) is 5.82 Å². The number of aryl methyl sites for hydroxylation is 1. The van der Waals surface area contributed by atoms with Crippen LogP contribution in [0.2, 0.25) is 10.0 Å². The van der Waals surface area contributed by atoms with E-state index >= 15 is 0 Å². The number of hydrogen-bond acceptors (Lipinski definition) is 2. The van der Waals surface area contributed by atoms with Gasteiger partial charge in [-0.15, -0.1) is 0 Å². The number of nitrogens with zero attached hydrogens (tertiary/aromatic N) is 1. The number of imidazole rings is 1. The monoisotopic (exact) mass is 241 g/mol. The van der Waals surface area contributed by atoms with Crippen molar-refractivity contribution >= 4 is 29.0 Å². The number of benzene rings is 1. The highest BCUT2D eigenvalue weighted by atomic mass is 35.5. The van der Waals surface area contributed by atoms with E-state index in [-0.39, 0.29) is 0 Å². The third-order valence-corrected chi connectivity index (χ3v) is 2.60. The van der Waals surface area contributed by atoms with Crippen molar-refractivity contribution in [2.75, 3.05) is 5.73 Å². The van der Waals surface area contributed by atoms with Gasteiger partial charge < -0.3 is 10.7 Å². The first kappa shape index (κ1) is 10.3. The SMILES string of the molecule is Cc1nc(N)c(-c2ccc(Cl)cc2Cl)[nH]1. The zero-order chi connectivity index (χ0) is 11.0. The lowest BCUT2D eigenvalue weighted by Crippen LogP contribution is -1.89.